The highest BCUT2D eigenvalue weighted by Gasteiger charge is 2.51. The second kappa shape index (κ2) is 7.32. The predicted molar refractivity (Wildman–Crippen MR) is 109 cm³/mol. The molecule has 2 aliphatic rings. The zero-order chi connectivity index (χ0) is 19.9. The molecule has 0 saturated carbocycles. The van der Waals surface area contributed by atoms with E-state index in [1.807, 2.05) is 55.2 Å². The lowest BCUT2D eigenvalue weighted by Gasteiger charge is -2.36. The summed E-state index contributed by atoms with van der Waals surface area (Å²) >= 11 is 3.36. The lowest BCUT2D eigenvalue weighted by atomic mass is 9.86. The minimum absolute atomic E-state index is 0.0198. The number of carbonyl (C=O) groups is 1. The average molecular weight is 445 g/mol. The first-order chi connectivity index (χ1) is 13.4. The number of carbonyl (C=O) groups excluding carboxylic acids is 1. The van der Waals surface area contributed by atoms with Crippen LogP contribution in [0.25, 0.3) is 5.57 Å². The van der Waals surface area contributed by atoms with E-state index in [1.54, 1.807) is 6.07 Å². The summed E-state index contributed by atoms with van der Waals surface area (Å²) in [5.41, 5.74) is 1.92. The summed E-state index contributed by atoms with van der Waals surface area (Å²) in [6.45, 7) is 3.91. The van der Waals surface area contributed by atoms with E-state index < -0.39 is 11.5 Å². The maximum atomic E-state index is 14.1. The minimum atomic E-state index is -0.608. The molecule has 0 spiro atoms. The van der Waals surface area contributed by atoms with Crippen LogP contribution in [0.3, 0.4) is 0 Å². The SMILES string of the molecule is CC1(C)OC(=O)N([C@@H]2CC=C(c3cc(Br)cnc3F)CC2)[C@H]1c1ccccc1. The van der Waals surface area contributed by atoms with Gasteiger partial charge in [-0.15, -0.1) is 0 Å². The number of allylic oxidation sites excluding steroid dienone is 1. The smallest absolute Gasteiger partial charge is 0.411 e. The summed E-state index contributed by atoms with van der Waals surface area (Å²) in [6.07, 6.45) is 5.31. The van der Waals surface area contributed by atoms with Crippen molar-refractivity contribution in [3.05, 3.63) is 70.2 Å². The Bertz CT molecular complexity index is 929. The summed E-state index contributed by atoms with van der Waals surface area (Å²) in [5, 5.41) is 0. The number of amides is 1. The molecular formula is C22H22BrFN2O2. The van der Waals surface area contributed by atoms with Crippen molar-refractivity contribution in [2.24, 2.45) is 0 Å². The quantitative estimate of drug-likeness (QED) is 0.554. The van der Waals surface area contributed by atoms with Gasteiger partial charge in [0.05, 0.1) is 6.04 Å². The molecule has 2 aromatic rings. The van der Waals surface area contributed by atoms with Crippen LogP contribution in [0.4, 0.5) is 9.18 Å². The maximum absolute atomic E-state index is 14.1. The standard InChI is InChI=1S/C22H22BrFN2O2/c1-22(2)19(15-6-4-3-5-7-15)26(21(27)28-22)17-10-8-14(9-11-17)18-12-16(23)13-25-20(18)24/h3-8,12-13,17,19H,9-11H2,1-2H3/t17-,19+/m1/s1. The highest BCUT2D eigenvalue weighted by molar-refractivity contribution is 9.10. The van der Waals surface area contributed by atoms with E-state index >= 15 is 0 Å². The number of ether oxygens (including phenoxy) is 1. The van der Waals surface area contributed by atoms with Crippen molar-refractivity contribution in [3.63, 3.8) is 0 Å². The van der Waals surface area contributed by atoms with E-state index in [-0.39, 0.29) is 18.2 Å². The lowest BCUT2D eigenvalue weighted by Crippen LogP contribution is -2.41. The fourth-order valence-corrected chi connectivity index (χ4v) is 4.63. The van der Waals surface area contributed by atoms with Crippen molar-refractivity contribution in [2.45, 2.75) is 50.8 Å². The molecule has 1 aliphatic heterocycles. The molecule has 4 rings (SSSR count). The summed E-state index contributed by atoms with van der Waals surface area (Å²) < 4.78 is 20.6. The molecule has 1 amide bonds. The molecule has 2 heterocycles. The van der Waals surface area contributed by atoms with Crippen molar-refractivity contribution in [3.8, 4) is 0 Å². The molecule has 1 aliphatic carbocycles. The molecule has 2 atom stereocenters. The van der Waals surface area contributed by atoms with Gasteiger partial charge in [0.15, 0.2) is 0 Å². The third-order valence-corrected chi connectivity index (χ3v) is 5.98. The van der Waals surface area contributed by atoms with E-state index in [1.165, 1.54) is 6.20 Å². The molecule has 1 fully saturated rings. The monoisotopic (exact) mass is 444 g/mol. The molecule has 4 nitrogen and oxygen atoms in total. The van der Waals surface area contributed by atoms with Crippen LogP contribution < -0.4 is 0 Å². The van der Waals surface area contributed by atoms with E-state index in [2.05, 4.69) is 20.9 Å². The van der Waals surface area contributed by atoms with Gasteiger partial charge in [-0.05, 0) is 66.2 Å². The first-order valence-electron chi connectivity index (χ1n) is 9.43. The van der Waals surface area contributed by atoms with Gasteiger partial charge in [-0.1, -0.05) is 36.4 Å². The Labute approximate surface area is 172 Å². The summed E-state index contributed by atoms with van der Waals surface area (Å²) in [7, 11) is 0. The van der Waals surface area contributed by atoms with Crippen LogP contribution in [0.2, 0.25) is 0 Å². The number of pyridine rings is 1. The molecule has 146 valence electrons. The van der Waals surface area contributed by atoms with Crippen LogP contribution >= 0.6 is 15.9 Å². The average Bonchev–Trinajstić information content (AvgIpc) is 2.93. The van der Waals surface area contributed by atoms with E-state index in [0.29, 0.717) is 18.4 Å². The van der Waals surface area contributed by atoms with Gasteiger partial charge in [-0.3, -0.25) is 4.90 Å². The van der Waals surface area contributed by atoms with Crippen LogP contribution in [0, 0.1) is 5.95 Å². The van der Waals surface area contributed by atoms with Crippen LogP contribution in [-0.4, -0.2) is 27.6 Å². The molecule has 0 bridgehead atoms. The Balaban J connectivity index is 1.61. The van der Waals surface area contributed by atoms with Crippen molar-refractivity contribution >= 4 is 27.6 Å². The molecule has 6 heteroatoms. The number of benzene rings is 1. The van der Waals surface area contributed by atoms with Crippen LogP contribution in [-0.2, 0) is 4.74 Å². The maximum Gasteiger partial charge on any atom is 0.411 e. The van der Waals surface area contributed by atoms with Crippen LogP contribution in [0.15, 0.2) is 53.1 Å². The van der Waals surface area contributed by atoms with Gasteiger partial charge in [-0.2, -0.15) is 4.39 Å². The summed E-state index contributed by atoms with van der Waals surface area (Å²) in [4.78, 5) is 18.4. The molecule has 28 heavy (non-hydrogen) atoms. The van der Waals surface area contributed by atoms with Gasteiger partial charge >= 0.3 is 6.09 Å². The van der Waals surface area contributed by atoms with E-state index in [9.17, 15) is 9.18 Å². The number of nitrogens with zero attached hydrogens (tertiary/aromatic N) is 2. The molecule has 0 N–H and O–H groups in total. The first kappa shape index (κ1) is 19.1. The van der Waals surface area contributed by atoms with Gasteiger partial charge in [0.25, 0.3) is 0 Å². The molecule has 0 radical (unpaired) electrons. The normalized spacial score (nSPS) is 24.1. The second-order valence-electron chi connectivity index (χ2n) is 7.84. The van der Waals surface area contributed by atoms with E-state index in [4.69, 9.17) is 4.74 Å². The molecule has 1 saturated heterocycles. The van der Waals surface area contributed by atoms with Gasteiger partial charge in [0.1, 0.15) is 5.60 Å². The topological polar surface area (TPSA) is 42.4 Å². The highest BCUT2D eigenvalue weighted by Crippen LogP contribution is 2.45. The Morgan fingerprint density at radius 1 is 1.29 bits per heavy atom. The lowest BCUT2D eigenvalue weighted by molar-refractivity contribution is 0.0668. The van der Waals surface area contributed by atoms with E-state index in [0.717, 1.165) is 22.0 Å². The number of cyclic esters (lactones) is 1. The Morgan fingerprint density at radius 2 is 2.04 bits per heavy atom. The Kier molecular flexibility index (Phi) is 5.00. The van der Waals surface area contributed by atoms with Crippen molar-refractivity contribution < 1.29 is 13.9 Å². The summed E-state index contributed by atoms with van der Waals surface area (Å²) in [6, 6.07) is 11.6. The molecule has 0 unspecified atom stereocenters. The zero-order valence-corrected chi connectivity index (χ0v) is 17.4. The zero-order valence-electron chi connectivity index (χ0n) is 15.9. The Hall–Kier alpha value is -2.21. The van der Waals surface area contributed by atoms with Crippen molar-refractivity contribution in [2.75, 3.05) is 0 Å². The largest absolute Gasteiger partial charge is 0.441 e. The van der Waals surface area contributed by atoms with Gasteiger partial charge < -0.3 is 4.74 Å². The molecule has 1 aromatic carbocycles. The highest BCUT2D eigenvalue weighted by atomic mass is 79.9. The van der Waals surface area contributed by atoms with Gasteiger partial charge in [0.2, 0.25) is 5.95 Å². The minimum Gasteiger partial charge on any atom is -0.441 e. The van der Waals surface area contributed by atoms with Gasteiger partial charge in [0, 0.05) is 22.3 Å². The van der Waals surface area contributed by atoms with Crippen LogP contribution in [0.5, 0.6) is 0 Å². The number of hydrogen-bond donors (Lipinski definition) is 0. The Morgan fingerprint density at radius 3 is 2.71 bits per heavy atom. The fourth-order valence-electron chi connectivity index (χ4n) is 4.30. The molecular weight excluding hydrogens is 423 g/mol. The predicted octanol–water partition coefficient (Wildman–Crippen LogP) is 5.89. The second-order valence-corrected chi connectivity index (χ2v) is 8.76. The van der Waals surface area contributed by atoms with Crippen molar-refractivity contribution in [1.82, 2.24) is 9.88 Å². The van der Waals surface area contributed by atoms with Crippen molar-refractivity contribution in [1.29, 1.82) is 0 Å². The first-order valence-corrected chi connectivity index (χ1v) is 10.2. The number of rotatable bonds is 3. The number of halogens is 2. The van der Waals surface area contributed by atoms with Gasteiger partial charge in [-0.25, -0.2) is 9.78 Å². The molecule has 1 aromatic heterocycles. The third-order valence-electron chi connectivity index (χ3n) is 5.54. The fraction of sp³-hybridized carbons (Fsp3) is 0.364. The summed E-state index contributed by atoms with van der Waals surface area (Å²) in [5.74, 6) is -0.461. The van der Waals surface area contributed by atoms with Crippen LogP contribution in [0.1, 0.15) is 50.3 Å². The number of aromatic nitrogens is 1. The number of hydrogen-bond acceptors (Lipinski definition) is 3. The third kappa shape index (κ3) is 3.46.